The molecule has 22 heavy (non-hydrogen) atoms. The summed E-state index contributed by atoms with van der Waals surface area (Å²) < 4.78 is 6.29. The van der Waals surface area contributed by atoms with Gasteiger partial charge in [0.1, 0.15) is 5.75 Å². The summed E-state index contributed by atoms with van der Waals surface area (Å²) >= 11 is 3.29. The van der Waals surface area contributed by atoms with E-state index in [1.807, 2.05) is 5.43 Å². The maximum absolute atomic E-state index is 11.8. The van der Waals surface area contributed by atoms with E-state index in [1.165, 1.54) is 6.92 Å². The highest BCUT2D eigenvalue weighted by atomic mass is 79.9. The molecular weight excluding hydrogens is 354 g/mol. The number of rotatable bonds is 4. The van der Waals surface area contributed by atoms with Gasteiger partial charge in [-0.1, -0.05) is 15.9 Å². The number of hydrogen-bond donors (Lipinski definition) is 3. The van der Waals surface area contributed by atoms with Crippen LogP contribution in [0.4, 0.5) is 0 Å². The van der Waals surface area contributed by atoms with E-state index in [0.717, 1.165) is 4.47 Å². The number of benzene rings is 1. The Hall–Kier alpha value is -2.09. The van der Waals surface area contributed by atoms with E-state index in [2.05, 4.69) is 26.7 Å². The third-order valence-corrected chi connectivity index (χ3v) is 2.95. The standard InChI is InChI=1S/C14H18BrN3O4/c1-8(2)16-13(20)14(21)18-17-12(19)9(3)22-11-6-4-10(15)5-7-11/h4-9H,1-3H3,(H,16,20)(H,17,19)(H,18,21)/t9-/m0/s1. The van der Waals surface area contributed by atoms with E-state index < -0.39 is 23.8 Å². The fraction of sp³-hybridized carbons (Fsp3) is 0.357. The van der Waals surface area contributed by atoms with Crippen molar-refractivity contribution in [1.82, 2.24) is 16.2 Å². The fourth-order valence-electron chi connectivity index (χ4n) is 1.38. The van der Waals surface area contributed by atoms with E-state index in [0.29, 0.717) is 5.75 Å². The predicted molar refractivity (Wildman–Crippen MR) is 83.8 cm³/mol. The lowest BCUT2D eigenvalue weighted by atomic mass is 10.3. The average Bonchev–Trinajstić information content (AvgIpc) is 2.45. The van der Waals surface area contributed by atoms with Crippen LogP contribution in [0.2, 0.25) is 0 Å². The summed E-state index contributed by atoms with van der Waals surface area (Å²) in [4.78, 5) is 34.5. The number of ether oxygens (including phenoxy) is 1. The van der Waals surface area contributed by atoms with E-state index in [-0.39, 0.29) is 6.04 Å². The number of hydrazine groups is 1. The molecule has 1 atom stereocenters. The predicted octanol–water partition coefficient (Wildman–Crippen LogP) is 0.888. The number of amides is 3. The van der Waals surface area contributed by atoms with Gasteiger partial charge in [0, 0.05) is 10.5 Å². The highest BCUT2D eigenvalue weighted by Crippen LogP contribution is 2.17. The van der Waals surface area contributed by atoms with Crippen molar-refractivity contribution in [2.24, 2.45) is 0 Å². The van der Waals surface area contributed by atoms with Crippen LogP contribution in [0.3, 0.4) is 0 Å². The van der Waals surface area contributed by atoms with Crippen molar-refractivity contribution in [3.8, 4) is 5.75 Å². The van der Waals surface area contributed by atoms with Crippen LogP contribution in [0.15, 0.2) is 28.7 Å². The Morgan fingerprint density at radius 1 is 1.00 bits per heavy atom. The van der Waals surface area contributed by atoms with Crippen LogP contribution in [-0.2, 0) is 14.4 Å². The molecular formula is C14H18BrN3O4. The van der Waals surface area contributed by atoms with Gasteiger partial charge in [0.2, 0.25) is 0 Å². The molecule has 0 aromatic heterocycles. The zero-order valence-corrected chi connectivity index (χ0v) is 14.1. The molecule has 0 aliphatic carbocycles. The minimum Gasteiger partial charge on any atom is -0.481 e. The third kappa shape index (κ3) is 6.13. The summed E-state index contributed by atoms with van der Waals surface area (Å²) in [6.07, 6.45) is -0.838. The summed E-state index contributed by atoms with van der Waals surface area (Å²) in [5, 5.41) is 2.40. The Morgan fingerprint density at radius 3 is 2.14 bits per heavy atom. The van der Waals surface area contributed by atoms with Crippen molar-refractivity contribution < 1.29 is 19.1 Å². The number of carbonyl (C=O) groups is 3. The van der Waals surface area contributed by atoms with Crippen molar-refractivity contribution in [1.29, 1.82) is 0 Å². The van der Waals surface area contributed by atoms with E-state index in [9.17, 15) is 14.4 Å². The van der Waals surface area contributed by atoms with E-state index in [1.54, 1.807) is 38.1 Å². The number of nitrogens with one attached hydrogen (secondary N) is 3. The maximum Gasteiger partial charge on any atom is 0.327 e. The van der Waals surface area contributed by atoms with Crippen LogP contribution in [0.5, 0.6) is 5.75 Å². The van der Waals surface area contributed by atoms with Gasteiger partial charge in [-0.25, -0.2) is 0 Å². The second kappa shape index (κ2) is 8.38. The largest absolute Gasteiger partial charge is 0.481 e. The molecule has 0 bridgehead atoms. The topological polar surface area (TPSA) is 96.5 Å². The summed E-state index contributed by atoms with van der Waals surface area (Å²) in [6.45, 7) is 4.97. The Labute approximate surface area is 136 Å². The average molecular weight is 372 g/mol. The third-order valence-electron chi connectivity index (χ3n) is 2.42. The van der Waals surface area contributed by atoms with Gasteiger partial charge in [0.15, 0.2) is 6.10 Å². The lowest BCUT2D eigenvalue weighted by molar-refractivity contribution is -0.141. The first-order valence-electron chi connectivity index (χ1n) is 6.62. The van der Waals surface area contributed by atoms with Crippen LogP contribution in [-0.4, -0.2) is 29.9 Å². The smallest absolute Gasteiger partial charge is 0.327 e. The molecule has 0 radical (unpaired) electrons. The Balaban J connectivity index is 2.42. The highest BCUT2D eigenvalue weighted by molar-refractivity contribution is 9.10. The Morgan fingerprint density at radius 2 is 1.59 bits per heavy atom. The molecule has 3 N–H and O–H groups in total. The van der Waals surface area contributed by atoms with Crippen molar-refractivity contribution in [2.45, 2.75) is 32.9 Å². The summed E-state index contributed by atoms with van der Waals surface area (Å²) in [7, 11) is 0. The monoisotopic (exact) mass is 371 g/mol. The van der Waals surface area contributed by atoms with Gasteiger partial charge in [0.25, 0.3) is 5.91 Å². The SMILES string of the molecule is CC(C)NC(=O)C(=O)NNC(=O)[C@H](C)Oc1ccc(Br)cc1. The van der Waals surface area contributed by atoms with Gasteiger partial charge in [-0.2, -0.15) is 0 Å². The summed E-state index contributed by atoms with van der Waals surface area (Å²) in [6, 6.07) is 6.77. The first-order chi connectivity index (χ1) is 10.3. The van der Waals surface area contributed by atoms with Crippen molar-refractivity contribution in [3.63, 3.8) is 0 Å². The number of hydrogen-bond acceptors (Lipinski definition) is 4. The van der Waals surface area contributed by atoms with Crippen molar-refractivity contribution in [3.05, 3.63) is 28.7 Å². The lowest BCUT2D eigenvalue weighted by Gasteiger charge is -2.15. The minimum atomic E-state index is -0.946. The number of carbonyl (C=O) groups excluding carboxylic acids is 3. The van der Waals surface area contributed by atoms with Crippen LogP contribution >= 0.6 is 15.9 Å². The molecule has 0 unspecified atom stereocenters. The van der Waals surface area contributed by atoms with Gasteiger partial charge in [-0.05, 0) is 45.0 Å². The molecule has 7 nitrogen and oxygen atoms in total. The molecule has 8 heteroatoms. The van der Waals surface area contributed by atoms with Gasteiger partial charge < -0.3 is 10.1 Å². The molecule has 0 aliphatic heterocycles. The first-order valence-corrected chi connectivity index (χ1v) is 7.41. The minimum absolute atomic E-state index is 0.173. The normalized spacial score (nSPS) is 11.5. The molecule has 0 heterocycles. The first kappa shape index (κ1) is 18.0. The Kier molecular flexibility index (Phi) is 6.84. The zero-order chi connectivity index (χ0) is 16.7. The molecule has 0 saturated carbocycles. The van der Waals surface area contributed by atoms with Crippen LogP contribution in [0.1, 0.15) is 20.8 Å². The van der Waals surface area contributed by atoms with Crippen LogP contribution < -0.4 is 20.9 Å². The second-order valence-corrected chi connectivity index (χ2v) is 5.70. The fourth-order valence-corrected chi connectivity index (χ4v) is 1.64. The molecule has 1 aromatic rings. The lowest BCUT2D eigenvalue weighted by Crippen LogP contribution is -2.52. The second-order valence-electron chi connectivity index (χ2n) is 4.79. The molecule has 0 aliphatic rings. The molecule has 0 fully saturated rings. The molecule has 0 spiro atoms. The molecule has 0 saturated heterocycles. The van der Waals surface area contributed by atoms with Crippen LogP contribution in [0.25, 0.3) is 0 Å². The van der Waals surface area contributed by atoms with E-state index in [4.69, 9.17) is 4.74 Å². The maximum atomic E-state index is 11.8. The Bertz CT molecular complexity index is 546. The van der Waals surface area contributed by atoms with Gasteiger partial charge in [-0.3, -0.25) is 25.2 Å². The molecule has 3 amide bonds. The quantitative estimate of drug-likeness (QED) is 0.540. The molecule has 1 rings (SSSR count). The van der Waals surface area contributed by atoms with Gasteiger partial charge in [0.05, 0.1) is 0 Å². The van der Waals surface area contributed by atoms with Gasteiger partial charge in [-0.15, -0.1) is 0 Å². The van der Waals surface area contributed by atoms with Crippen LogP contribution in [0, 0.1) is 0 Å². The summed E-state index contributed by atoms with van der Waals surface area (Å²) in [5.74, 6) is -1.84. The van der Waals surface area contributed by atoms with Gasteiger partial charge >= 0.3 is 11.8 Å². The molecule has 1 aromatic carbocycles. The van der Waals surface area contributed by atoms with Crippen molar-refractivity contribution in [2.75, 3.05) is 0 Å². The summed E-state index contributed by atoms with van der Waals surface area (Å²) in [5.41, 5.74) is 4.16. The highest BCUT2D eigenvalue weighted by Gasteiger charge is 2.18. The van der Waals surface area contributed by atoms with Crippen molar-refractivity contribution >= 4 is 33.7 Å². The number of halogens is 1. The molecule has 120 valence electrons. The zero-order valence-electron chi connectivity index (χ0n) is 12.5. The van der Waals surface area contributed by atoms with E-state index >= 15 is 0 Å².